The molecule has 4 nitrogen and oxygen atoms in total. The molecule has 1 aliphatic rings. The smallest absolute Gasteiger partial charge is 0.243 e. The predicted molar refractivity (Wildman–Crippen MR) is 83.5 cm³/mol. The molecule has 0 saturated carbocycles. The van der Waals surface area contributed by atoms with Crippen LogP contribution in [0.25, 0.3) is 0 Å². The number of hydrogen-bond donors (Lipinski definition) is 1. The number of aliphatic hydroxyl groups excluding tert-OH is 1. The monoisotopic (exact) mass is 311 g/mol. The second kappa shape index (κ2) is 6.90. The van der Waals surface area contributed by atoms with Gasteiger partial charge in [-0.25, -0.2) is 8.42 Å². The highest BCUT2D eigenvalue weighted by Crippen LogP contribution is 2.26. The summed E-state index contributed by atoms with van der Waals surface area (Å²) in [4.78, 5) is 0.337. The second-order valence-corrected chi connectivity index (χ2v) is 7.77. The van der Waals surface area contributed by atoms with Crippen molar-refractivity contribution in [2.75, 3.05) is 13.1 Å². The Labute approximate surface area is 127 Å². The van der Waals surface area contributed by atoms with Gasteiger partial charge in [-0.15, -0.1) is 0 Å². The number of benzene rings is 1. The van der Waals surface area contributed by atoms with Crippen LogP contribution in [0, 0.1) is 12.8 Å². The van der Waals surface area contributed by atoms with Crippen LogP contribution >= 0.6 is 0 Å². The molecule has 0 bridgehead atoms. The van der Waals surface area contributed by atoms with E-state index in [2.05, 4.69) is 6.92 Å². The SMILES string of the molecule is CCC1CCCN(S(=O)(=O)c2cc(CO)ccc2C)CC1. The fourth-order valence-corrected chi connectivity index (χ4v) is 4.72. The van der Waals surface area contributed by atoms with E-state index in [0.717, 1.165) is 31.2 Å². The van der Waals surface area contributed by atoms with Crippen molar-refractivity contribution in [1.82, 2.24) is 4.31 Å². The Kier molecular flexibility index (Phi) is 5.41. The molecule has 1 N–H and O–H groups in total. The van der Waals surface area contributed by atoms with Crippen LogP contribution < -0.4 is 0 Å². The van der Waals surface area contributed by atoms with Crippen LogP contribution in [0.5, 0.6) is 0 Å². The molecular weight excluding hydrogens is 286 g/mol. The summed E-state index contributed by atoms with van der Waals surface area (Å²) in [5, 5.41) is 9.23. The van der Waals surface area contributed by atoms with E-state index < -0.39 is 10.0 Å². The lowest BCUT2D eigenvalue weighted by Crippen LogP contribution is -2.32. The summed E-state index contributed by atoms with van der Waals surface area (Å²) < 4.78 is 27.4. The van der Waals surface area contributed by atoms with Gasteiger partial charge >= 0.3 is 0 Å². The Hall–Kier alpha value is -0.910. The summed E-state index contributed by atoms with van der Waals surface area (Å²) >= 11 is 0. The van der Waals surface area contributed by atoms with Gasteiger partial charge in [0, 0.05) is 13.1 Å². The molecule has 1 saturated heterocycles. The molecule has 118 valence electrons. The zero-order valence-corrected chi connectivity index (χ0v) is 13.7. The molecule has 1 aliphatic heterocycles. The van der Waals surface area contributed by atoms with E-state index in [4.69, 9.17) is 0 Å². The molecule has 1 unspecified atom stereocenters. The summed E-state index contributed by atoms with van der Waals surface area (Å²) in [6.45, 7) is 5.04. The first-order valence-electron chi connectivity index (χ1n) is 7.69. The summed E-state index contributed by atoms with van der Waals surface area (Å²) in [7, 11) is -3.46. The van der Waals surface area contributed by atoms with Crippen molar-refractivity contribution in [1.29, 1.82) is 0 Å². The lowest BCUT2D eigenvalue weighted by Gasteiger charge is -2.21. The van der Waals surface area contributed by atoms with Gasteiger partial charge in [0.2, 0.25) is 10.0 Å². The Bertz CT molecular complexity index is 583. The van der Waals surface area contributed by atoms with E-state index in [-0.39, 0.29) is 6.61 Å². The standard InChI is InChI=1S/C16H25NO3S/c1-3-14-5-4-9-17(10-8-14)21(19,20)16-11-15(12-18)7-6-13(16)2/h6-7,11,14,18H,3-5,8-10,12H2,1-2H3. The molecule has 1 heterocycles. The normalized spacial score (nSPS) is 21.2. The molecular formula is C16H25NO3S. The number of rotatable bonds is 4. The number of sulfonamides is 1. The molecule has 0 aromatic heterocycles. The lowest BCUT2D eigenvalue weighted by molar-refractivity contribution is 0.281. The number of nitrogens with zero attached hydrogens (tertiary/aromatic N) is 1. The van der Waals surface area contributed by atoms with Gasteiger partial charge < -0.3 is 5.11 Å². The third-order valence-electron chi connectivity index (χ3n) is 4.44. The highest BCUT2D eigenvalue weighted by molar-refractivity contribution is 7.89. The third kappa shape index (κ3) is 3.65. The van der Waals surface area contributed by atoms with Crippen LogP contribution in [-0.2, 0) is 16.6 Å². The van der Waals surface area contributed by atoms with Crippen molar-refractivity contribution in [2.45, 2.75) is 51.0 Å². The highest BCUT2D eigenvalue weighted by Gasteiger charge is 2.28. The minimum absolute atomic E-state index is 0.138. The molecule has 2 rings (SSSR count). The zero-order chi connectivity index (χ0) is 15.5. The van der Waals surface area contributed by atoms with Gasteiger partial charge in [0.1, 0.15) is 0 Å². The van der Waals surface area contributed by atoms with Crippen molar-refractivity contribution in [3.8, 4) is 0 Å². The van der Waals surface area contributed by atoms with Crippen LogP contribution in [0.4, 0.5) is 0 Å². The van der Waals surface area contributed by atoms with Gasteiger partial charge in [0.25, 0.3) is 0 Å². The van der Waals surface area contributed by atoms with Crippen molar-refractivity contribution < 1.29 is 13.5 Å². The molecule has 0 amide bonds. The van der Waals surface area contributed by atoms with Gasteiger partial charge in [-0.05, 0) is 49.3 Å². The molecule has 1 fully saturated rings. The van der Waals surface area contributed by atoms with Crippen molar-refractivity contribution in [2.24, 2.45) is 5.92 Å². The molecule has 0 radical (unpaired) electrons. The van der Waals surface area contributed by atoms with E-state index >= 15 is 0 Å². The maximum atomic E-state index is 12.9. The molecule has 21 heavy (non-hydrogen) atoms. The van der Waals surface area contributed by atoms with Crippen molar-refractivity contribution in [3.05, 3.63) is 29.3 Å². The van der Waals surface area contributed by atoms with E-state index in [1.807, 2.05) is 0 Å². The third-order valence-corrected chi connectivity index (χ3v) is 6.48. The Morgan fingerprint density at radius 2 is 2.05 bits per heavy atom. The number of aryl methyl sites for hydroxylation is 1. The molecule has 0 aliphatic carbocycles. The minimum Gasteiger partial charge on any atom is -0.392 e. The van der Waals surface area contributed by atoms with Gasteiger partial charge in [0.15, 0.2) is 0 Å². The number of aliphatic hydroxyl groups is 1. The lowest BCUT2D eigenvalue weighted by atomic mass is 9.98. The van der Waals surface area contributed by atoms with E-state index in [9.17, 15) is 13.5 Å². The van der Waals surface area contributed by atoms with Gasteiger partial charge in [0.05, 0.1) is 11.5 Å². The van der Waals surface area contributed by atoms with Gasteiger partial charge in [-0.1, -0.05) is 25.5 Å². The van der Waals surface area contributed by atoms with Gasteiger partial charge in [-0.3, -0.25) is 0 Å². The topological polar surface area (TPSA) is 57.6 Å². The second-order valence-electron chi connectivity index (χ2n) is 5.87. The summed E-state index contributed by atoms with van der Waals surface area (Å²) in [5.41, 5.74) is 1.38. The molecule has 5 heteroatoms. The molecule has 1 aromatic rings. The Balaban J connectivity index is 2.29. The first kappa shape index (κ1) is 16.5. The average Bonchev–Trinajstić information content (AvgIpc) is 2.73. The van der Waals surface area contributed by atoms with Crippen molar-refractivity contribution in [3.63, 3.8) is 0 Å². The maximum Gasteiger partial charge on any atom is 0.243 e. The summed E-state index contributed by atoms with van der Waals surface area (Å²) in [6, 6.07) is 5.14. The molecule has 1 aromatic carbocycles. The average molecular weight is 311 g/mol. The van der Waals surface area contributed by atoms with Crippen molar-refractivity contribution >= 4 is 10.0 Å². The minimum atomic E-state index is -3.46. The fourth-order valence-electron chi connectivity index (χ4n) is 2.95. The summed E-state index contributed by atoms with van der Waals surface area (Å²) in [5.74, 6) is 0.634. The van der Waals surface area contributed by atoms with E-state index in [0.29, 0.717) is 29.5 Å². The zero-order valence-electron chi connectivity index (χ0n) is 12.9. The Morgan fingerprint density at radius 1 is 1.29 bits per heavy atom. The predicted octanol–water partition coefficient (Wildman–Crippen LogP) is 2.69. The van der Waals surface area contributed by atoms with Crippen LogP contribution in [0.1, 0.15) is 43.7 Å². The van der Waals surface area contributed by atoms with E-state index in [1.54, 1.807) is 29.4 Å². The first-order valence-corrected chi connectivity index (χ1v) is 9.13. The van der Waals surface area contributed by atoms with Crippen LogP contribution in [0.3, 0.4) is 0 Å². The highest BCUT2D eigenvalue weighted by atomic mass is 32.2. The number of hydrogen-bond acceptors (Lipinski definition) is 3. The largest absolute Gasteiger partial charge is 0.392 e. The van der Waals surface area contributed by atoms with Crippen LogP contribution in [-0.4, -0.2) is 30.9 Å². The Morgan fingerprint density at radius 3 is 2.71 bits per heavy atom. The van der Waals surface area contributed by atoms with Gasteiger partial charge in [-0.2, -0.15) is 4.31 Å². The quantitative estimate of drug-likeness (QED) is 0.930. The van der Waals surface area contributed by atoms with Crippen LogP contribution in [0.2, 0.25) is 0 Å². The fraction of sp³-hybridized carbons (Fsp3) is 0.625. The van der Waals surface area contributed by atoms with E-state index in [1.165, 1.54) is 0 Å². The summed E-state index contributed by atoms with van der Waals surface area (Å²) in [6.07, 6.45) is 4.09. The maximum absolute atomic E-state index is 12.9. The molecule has 0 spiro atoms. The first-order chi connectivity index (χ1) is 9.98. The van der Waals surface area contributed by atoms with Crippen LogP contribution in [0.15, 0.2) is 23.1 Å². The molecule has 1 atom stereocenters.